The van der Waals surface area contributed by atoms with E-state index in [1.165, 1.54) is 80.5 Å². The number of benzene rings is 2. The number of nitrogens with zero attached hydrogens (tertiary/aromatic N) is 1. The number of hydrogen-bond donors (Lipinski definition) is 0. The van der Waals surface area contributed by atoms with Gasteiger partial charge in [-0.2, -0.15) is 0 Å². The van der Waals surface area contributed by atoms with Crippen molar-refractivity contribution >= 4 is 16.7 Å². The standard InChI is InChI=1S/C33H49NO2/c1-4-6-7-8-9-10-11-12-13-18-32(35)36-31(5-2)33-29(24-28-21-22-30(33)34(28)3)27-20-19-25-16-14-15-17-26(25)23-27/h14-17,19-20,23,28-31,33H,4-13,18,21-22,24H2,1-3H3/t28?,29?,30?,31-,33?/m0/s1. The highest BCUT2D eigenvalue weighted by molar-refractivity contribution is 5.83. The summed E-state index contributed by atoms with van der Waals surface area (Å²) in [6.07, 6.45) is 16.6. The van der Waals surface area contributed by atoms with Crippen LogP contribution in [-0.2, 0) is 9.53 Å². The molecule has 2 aliphatic rings. The van der Waals surface area contributed by atoms with Gasteiger partial charge >= 0.3 is 5.97 Å². The summed E-state index contributed by atoms with van der Waals surface area (Å²) in [5, 5.41) is 2.61. The van der Waals surface area contributed by atoms with Crippen LogP contribution in [0.4, 0.5) is 0 Å². The molecular formula is C33H49NO2. The van der Waals surface area contributed by atoms with E-state index in [1.807, 2.05) is 0 Å². The van der Waals surface area contributed by atoms with E-state index in [9.17, 15) is 4.79 Å². The lowest BCUT2D eigenvalue weighted by molar-refractivity contribution is -0.155. The molecule has 2 aromatic rings. The molecule has 3 nitrogen and oxygen atoms in total. The highest BCUT2D eigenvalue weighted by Gasteiger charge is 2.49. The maximum absolute atomic E-state index is 12.9. The maximum atomic E-state index is 12.9. The van der Waals surface area contributed by atoms with Crippen molar-refractivity contribution in [3.05, 3.63) is 48.0 Å². The molecule has 2 saturated heterocycles. The number of hydrogen-bond acceptors (Lipinski definition) is 3. The van der Waals surface area contributed by atoms with E-state index >= 15 is 0 Å². The van der Waals surface area contributed by atoms with Crippen molar-refractivity contribution in [1.82, 2.24) is 4.90 Å². The van der Waals surface area contributed by atoms with Crippen LogP contribution >= 0.6 is 0 Å². The lowest BCUT2D eigenvalue weighted by atomic mass is 9.72. The molecule has 0 aromatic heterocycles. The minimum atomic E-state index is -0.000893. The molecule has 4 unspecified atom stereocenters. The van der Waals surface area contributed by atoms with Gasteiger partial charge in [0, 0.05) is 24.4 Å². The Hall–Kier alpha value is -1.87. The maximum Gasteiger partial charge on any atom is 0.306 e. The average Bonchev–Trinajstić information content (AvgIpc) is 3.13. The SMILES string of the molecule is CCCCCCCCCCCC(=O)O[C@@H](CC)C1C(c2ccc3ccccc3c2)CC2CCC1N2C. The van der Waals surface area contributed by atoms with Crippen LogP contribution in [-0.4, -0.2) is 36.1 Å². The molecule has 0 N–H and O–H groups in total. The molecule has 4 rings (SSSR count). The van der Waals surface area contributed by atoms with E-state index in [-0.39, 0.29) is 12.1 Å². The van der Waals surface area contributed by atoms with Gasteiger partial charge in [0.25, 0.3) is 0 Å². The molecule has 0 spiro atoms. The smallest absolute Gasteiger partial charge is 0.306 e. The molecule has 0 amide bonds. The zero-order chi connectivity index (χ0) is 25.3. The molecule has 36 heavy (non-hydrogen) atoms. The zero-order valence-electron chi connectivity index (χ0n) is 23.1. The number of ether oxygens (including phenoxy) is 1. The van der Waals surface area contributed by atoms with Crippen molar-refractivity contribution in [3.63, 3.8) is 0 Å². The van der Waals surface area contributed by atoms with Gasteiger partial charge in [0.2, 0.25) is 0 Å². The normalized spacial score (nSPS) is 24.8. The van der Waals surface area contributed by atoms with E-state index < -0.39 is 0 Å². The van der Waals surface area contributed by atoms with Crippen LogP contribution in [0.15, 0.2) is 42.5 Å². The second-order valence-electron chi connectivity index (χ2n) is 11.5. The van der Waals surface area contributed by atoms with Crippen molar-refractivity contribution in [1.29, 1.82) is 0 Å². The number of piperidine rings is 1. The number of unbranched alkanes of at least 4 members (excludes halogenated alkanes) is 8. The third-order valence-corrected chi connectivity index (χ3v) is 9.13. The first kappa shape index (κ1) is 27.2. The minimum absolute atomic E-state index is 0.000893. The number of fused-ring (bicyclic) bond motifs is 3. The molecule has 2 aliphatic heterocycles. The number of carbonyl (C=O) groups excluding carboxylic acids is 1. The molecule has 2 heterocycles. The first-order valence-corrected chi connectivity index (χ1v) is 15.0. The highest BCUT2D eigenvalue weighted by atomic mass is 16.5. The Balaban J connectivity index is 1.35. The van der Waals surface area contributed by atoms with E-state index in [4.69, 9.17) is 4.74 Å². The fraction of sp³-hybridized carbons (Fsp3) is 0.667. The predicted molar refractivity (Wildman–Crippen MR) is 151 cm³/mol. The van der Waals surface area contributed by atoms with Gasteiger partial charge in [0.05, 0.1) is 0 Å². The molecule has 198 valence electrons. The fourth-order valence-electron chi connectivity index (χ4n) is 7.05. The summed E-state index contributed by atoms with van der Waals surface area (Å²) in [6, 6.07) is 16.8. The van der Waals surface area contributed by atoms with Crippen LogP contribution < -0.4 is 0 Å². The van der Waals surface area contributed by atoms with E-state index in [1.54, 1.807) is 0 Å². The van der Waals surface area contributed by atoms with Gasteiger partial charge in [0.1, 0.15) is 6.10 Å². The van der Waals surface area contributed by atoms with Crippen LogP contribution in [0.5, 0.6) is 0 Å². The van der Waals surface area contributed by atoms with Gasteiger partial charge in [0.15, 0.2) is 0 Å². The first-order chi connectivity index (χ1) is 17.6. The van der Waals surface area contributed by atoms with E-state index in [0.717, 1.165) is 19.3 Å². The van der Waals surface area contributed by atoms with Crippen LogP contribution in [0.2, 0.25) is 0 Å². The van der Waals surface area contributed by atoms with Gasteiger partial charge in [-0.05, 0) is 61.4 Å². The van der Waals surface area contributed by atoms with Gasteiger partial charge < -0.3 is 9.64 Å². The molecular weight excluding hydrogens is 442 g/mol. The summed E-state index contributed by atoms with van der Waals surface area (Å²) in [4.78, 5) is 15.5. The van der Waals surface area contributed by atoms with E-state index in [0.29, 0.717) is 30.3 Å². The molecule has 2 fully saturated rings. The Labute approximate surface area is 220 Å². The van der Waals surface area contributed by atoms with Crippen molar-refractivity contribution in [3.8, 4) is 0 Å². The minimum Gasteiger partial charge on any atom is -0.462 e. The molecule has 0 saturated carbocycles. The largest absolute Gasteiger partial charge is 0.462 e. The third-order valence-electron chi connectivity index (χ3n) is 9.13. The predicted octanol–water partition coefficient (Wildman–Crippen LogP) is 8.65. The van der Waals surface area contributed by atoms with E-state index in [2.05, 4.69) is 68.3 Å². The lowest BCUT2D eigenvalue weighted by Crippen LogP contribution is -2.50. The summed E-state index contributed by atoms with van der Waals surface area (Å²) in [5.41, 5.74) is 1.43. The van der Waals surface area contributed by atoms with Gasteiger partial charge in [-0.1, -0.05) is 108 Å². The van der Waals surface area contributed by atoms with Gasteiger partial charge in [-0.3, -0.25) is 4.79 Å². The molecule has 2 aromatic carbocycles. The molecule has 0 aliphatic carbocycles. The van der Waals surface area contributed by atoms with Crippen molar-refractivity contribution in [2.75, 3.05) is 7.05 Å². The Kier molecular flexibility index (Phi) is 10.3. The summed E-state index contributed by atoms with van der Waals surface area (Å²) in [7, 11) is 2.29. The van der Waals surface area contributed by atoms with Crippen LogP contribution in [0.3, 0.4) is 0 Å². The fourth-order valence-corrected chi connectivity index (χ4v) is 7.05. The Bertz CT molecular complexity index is 956. The molecule has 0 radical (unpaired) electrons. The third kappa shape index (κ3) is 6.71. The number of esters is 1. The number of rotatable bonds is 14. The second kappa shape index (κ2) is 13.6. The van der Waals surface area contributed by atoms with Crippen molar-refractivity contribution < 1.29 is 9.53 Å². The summed E-state index contributed by atoms with van der Waals surface area (Å²) >= 11 is 0. The second-order valence-corrected chi connectivity index (χ2v) is 11.5. The molecule has 2 bridgehead atoms. The topological polar surface area (TPSA) is 29.5 Å². The zero-order valence-corrected chi connectivity index (χ0v) is 23.1. The van der Waals surface area contributed by atoms with Crippen LogP contribution in [0.1, 0.15) is 115 Å². The summed E-state index contributed by atoms with van der Waals surface area (Å²) < 4.78 is 6.28. The van der Waals surface area contributed by atoms with Crippen LogP contribution in [0.25, 0.3) is 10.8 Å². The summed E-state index contributed by atoms with van der Waals surface area (Å²) in [6.45, 7) is 4.47. The molecule has 5 atom stereocenters. The monoisotopic (exact) mass is 491 g/mol. The van der Waals surface area contributed by atoms with Crippen LogP contribution in [0, 0.1) is 5.92 Å². The van der Waals surface area contributed by atoms with Crippen molar-refractivity contribution in [2.45, 2.75) is 128 Å². The Morgan fingerprint density at radius 3 is 2.33 bits per heavy atom. The summed E-state index contributed by atoms with van der Waals surface area (Å²) in [5.74, 6) is 0.838. The molecule has 3 heteroatoms. The first-order valence-electron chi connectivity index (χ1n) is 15.0. The average molecular weight is 492 g/mol. The number of carbonyl (C=O) groups is 1. The van der Waals surface area contributed by atoms with Crippen molar-refractivity contribution in [2.24, 2.45) is 5.92 Å². The lowest BCUT2D eigenvalue weighted by Gasteiger charge is -2.46. The Morgan fingerprint density at radius 1 is 0.917 bits per heavy atom. The van der Waals surface area contributed by atoms with Gasteiger partial charge in [-0.15, -0.1) is 0 Å². The van der Waals surface area contributed by atoms with Gasteiger partial charge in [-0.25, -0.2) is 0 Å². The Morgan fingerprint density at radius 2 is 1.61 bits per heavy atom. The highest BCUT2D eigenvalue weighted by Crippen LogP contribution is 2.49. The quantitative estimate of drug-likeness (QED) is 0.196.